The van der Waals surface area contributed by atoms with E-state index >= 15 is 0 Å². The van der Waals surface area contributed by atoms with Gasteiger partial charge in [-0.2, -0.15) is 10.2 Å². The number of rotatable bonds is 6. The molecule has 0 unspecified atom stereocenters. The summed E-state index contributed by atoms with van der Waals surface area (Å²) in [5.74, 6) is -0.449. The van der Waals surface area contributed by atoms with Gasteiger partial charge in [-0.25, -0.2) is 13.8 Å². The van der Waals surface area contributed by atoms with Crippen LogP contribution in [0.5, 0.6) is 0 Å². The standard InChI is InChI=1S/C23H19ClFN5O2/c24-16-2-1-3-18(10-16)30-22-19(12-27-30)21(15-6-7-15)28-29(23(22)32)13-20(31)26-11-14-4-8-17(25)9-5-14/h1-5,8-10,12,15H,6-7,11,13H2,(H,26,31). The Balaban J connectivity index is 1.48. The monoisotopic (exact) mass is 451 g/mol. The van der Waals surface area contributed by atoms with Crippen molar-refractivity contribution in [1.82, 2.24) is 24.9 Å². The Morgan fingerprint density at radius 1 is 1.19 bits per heavy atom. The first-order chi connectivity index (χ1) is 15.5. The molecule has 0 saturated heterocycles. The van der Waals surface area contributed by atoms with Crippen LogP contribution in [-0.2, 0) is 17.9 Å². The number of aromatic nitrogens is 4. The van der Waals surface area contributed by atoms with Crippen LogP contribution in [-0.4, -0.2) is 25.5 Å². The van der Waals surface area contributed by atoms with Gasteiger partial charge in [-0.3, -0.25) is 9.59 Å². The Hall–Kier alpha value is -3.52. The molecule has 0 spiro atoms. The van der Waals surface area contributed by atoms with Crippen LogP contribution in [0.15, 0.2) is 59.5 Å². The number of fused-ring (bicyclic) bond motifs is 1. The van der Waals surface area contributed by atoms with E-state index in [1.807, 2.05) is 6.07 Å². The molecule has 2 aromatic carbocycles. The zero-order chi connectivity index (χ0) is 22.2. The summed E-state index contributed by atoms with van der Waals surface area (Å²) in [5, 5.41) is 12.9. The molecule has 1 aliphatic carbocycles. The predicted molar refractivity (Wildman–Crippen MR) is 118 cm³/mol. The number of amides is 1. The fourth-order valence-electron chi connectivity index (χ4n) is 3.66. The average Bonchev–Trinajstić information content (AvgIpc) is 3.53. The van der Waals surface area contributed by atoms with Gasteiger partial charge in [0.1, 0.15) is 17.9 Å². The van der Waals surface area contributed by atoms with Gasteiger partial charge in [-0.1, -0.05) is 29.8 Å². The molecule has 0 bridgehead atoms. The highest BCUT2D eigenvalue weighted by Gasteiger charge is 2.30. The lowest BCUT2D eigenvalue weighted by Crippen LogP contribution is -2.34. The van der Waals surface area contributed by atoms with Crippen LogP contribution in [0.3, 0.4) is 0 Å². The number of nitrogens with one attached hydrogen (secondary N) is 1. The highest BCUT2D eigenvalue weighted by atomic mass is 35.5. The number of nitrogens with zero attached hydrogens (tertiary/aromatic N) is 4. The van der Waals surface area contributed by atoms with Crippen molar-refractivity contribution < 1.29 is 9.18 Å². The van der Waals surface area contributed by atoms with Crippen molar-refractivity contribution in [2.75, 3.05) is 0 Å². The Labute approximate surface area is 187 Å². The third kappa shape index (κ3) is 4.01. The number of carbonyl (C=O) groups excluding carboxylic acids is 1. The molecule has 162 valence electrons. The highest BCUT2D eigenvalue weighted by Crippen LogP contribution is 2.41. The van der Waals surface area contributed by atoms with Crippen LogP contribution in [0.25, 0.3) is 16.6 Å². The topological polar surface area (TPSA) is 81.8 Å². The SMILES string of the molecule is O=C(Cn1nc(C2CC2)c2cnn(-c3cccc(Cl)c3)c2c1=O)NCc1ccc(F)cc1. The summed E-state index contributed by atoms with van der Waals surface area (Å²) >= 11 is 6.13. The first-order valence-electron chi connectivity index (χ1n) is 10.3. The second-order valence-corrected chi connectivity index (χ2v) is 8.26. The van der Waals surface area contributed by atoms with Crippen LogP contribution in [0.4, 0.5) is 4.39 Å². The van der Waals surface area contributed by atoms with Crippen LogP contribution in [0.1, 0.15) is 30.0 Å². The van der Waals surface area contributed by atoms with Gasteiger partial charge in [0.25, 0.3) is 5.56 Å². The Kier molecular flexibility index (Phi) is 5.22. The van der Waals surface area contributed by atoms with Gasteiger partial charge in [0.15, 0.2) is 0 Å². The fraction of sp³-hybridized carbons (Fsp3) is 0.217. The molecule has 1 fully saturated rings. The van der Waals surface area contributed by atoms with Gasteiger partial charge in [-0.05, 0) is 48.7 Å². The predicted octanol–water partition coefficient (Wildman–Crippen LogP) is 3.57. The second-order valence-electron chi connectivity index (χ2n) is 7.82. The van der Waals surface area contributed by atoms with Gasteiger partial charge in [-0.15, -0.1) is 0 Å². The van der Waals surface area contributed by atoms with E-state index in [0.717, 1.165) is 24.1 Å². The molecule has 0 radical (unpaired) electrons. The number of hydrogen-bond donors (Lipinski definition) is 1. The van der Waals surface area contributed by atoms with Crippen molar-refractivity contribution in [2.24, 2.45) is 0 Å². The maximum absolute atomic E-state index is 13.3. The van der Waals surface area contributed by atoms with Crippen molar-refractivity contribution in [2.45, 2.75) is 31.8 Å². The number of halogens is 2. The summed E-state index contributed by atoms with van der Waals surface area (Å²) in [7, 11) is 0. The molecule has 0 aliphatic heterocycles. The quantitative estimate of drug-likeness (QED) is 0.486. The Morgan fingerprint density at radius 2 is 1.97 bits per heavy atom. The molecular formula is C23H19ClFN5O2. The molecular weight excluding hydrogens is 433 g/mol. The van der Waals surface area contributed by atoms with Gasteiger partial charge < -0.3 is 5.32 Å². The molecule has 1 amide bonds. The third-order valence-electron chi connectivity index (χ3n) is 5.42. The van der Waals surface area contributed by atoms with Crippen molar-refractivity contribution in [3.8, 4) is 5.69 Å². The Bertz CT molecular complexity index is 1380. The van der Waals surface area contributed by atoms with E-state index in [-0.39, 0.29) is 30.7 Å². The lowest BCUT2D eigenvalue weighted by molar-refractivity contribution is -0.122. The molecule has 2 aromatic heterocycles. The summed E-state index contributed by atoms with van der Waals surface area (Å²) in [4.78, 5) is 25.8. The summed E-state index contributed by atoms with van der Waals surface area (Å²) in [5.41, 5.74) is 2.16. The molecule has 32 heavy (non-hydrogen) atoms. The molecule has 1 N–H and O–H groups in total. The van der Waals surface area contributed by atoms with Gasteiger partial charge in [0, 0.05) is 22.9 Å². The zero-order valence-electron chi connectivity index (χ0n) is 17.0. The molecule has 0 atom stereocenters. The van der Waals surface area contributed by atoms with E-state index in [9.17, 15) is 14.0 Å². The number of benzene rings is 2. The van der Waals surface area contributed by atoms with Gasteiger partial charge >= 0.3 is 0 Å². The first-order valence-corrected chi connectivity index (χ1v) is 10.6. The lowest BCUT2D eigenvalue weighted by atomic mass is 10.2. The summed E-state index contributed by atoms with van der Waals surface area (Å²) in [6.07, 6.45) is 3.62. The summed E-state index contributed by atoms with van der Waals surface area (Å²) in [6, 6.07) is 12.9. The molecule has 9 heteroatoms. The summed E-state index contributed by atoms with van der Waals surface area (Å²) < 4.78 is 15.8. The van der Waals surface area contributed by atoms with Crippen LogP contribution in [0, 0.1) is 5.82 Å². The number of hydrogen-bond acceptors (Lipinski definition) is 4. The molecule has 1 aliphatic rings. The van der Waals surface area contributed by atoms with Crippen LogP contribution < -0.4 is 10.9 Å². The highest BCUT2D eigenvalue weighted by molar-refractivity contribution is 6.30. The largest absolute Gasteiger partial charge is 0.350 e. The first kappa shape index (κ1) is 20.4. The molecule has 7 nitrogen and oxygen atoms in total. The normalized spacial score (nSPS) is 13.4. The van der Waals surface area contributed by atoms with Gasteiger partial charge in [0.2, 0.25) is 5.91 Å². The van der Waals surface area contributed by atoms with Gasteiger partial charge in [0.05, 0.1) is 17.6 Å². The van der Waals surface area contributed by atoms with E-state index < -0.39 is 5.56 Å². The molecule has 5 rings (SSSR count). The van der Waals surface area contributed by atoms with E-state index in [0.29, 0.717) is 21.6 Å². The summed E-state index contributed by atoms with van der Waals surface area (Å²) in [6.45, 7) is 0.00243. The molecule has 1 saturated carbocycles. The van der Waals surface area contributed by atoms with E-state index in [4.69, 9.17) is 11.6 Å². The van der Waals surface area contributed by atoms with Crippen LogP contribution >= 0.6 is 11.6 Å². The van der Waals surface area contributed by atoms with Crippen molar-refractivity contribution in [3.63, 3.8) is 0 Å². The van der Waals surface area contributed by atoms with E-state index in [2.05, 4.69) is 15.5 Å². The van der Waals surface area contributed by atoms with Crippen molar-refractivity contribution >= 4 is 28.4 Å². The minimum Gasteiger partial charge on any atom is -0.350 e. The zero-order valence-corrected chi connectivity index (χ0v) is 17.7. The second kappa shape index (κ2) is 8.20. The average molecular weight is 452 g/mol. The number of carbonyl (C=O) groups is 1. The maximum atomic E-state index is 13.3. The minimum atomic E-state index is -0.404. The smallest absolute Gasteiger partial charge is 0.293 e. The molecule has 4 aromatic rings. The van der Waals surface area contributed by atoms with Crippen molar-refractivity contribution in [1.29, 1.82) is 0 Å². The van der Waals surface area contributed by atoms with E-state index in [1.54, 1.807) is 41.2 Å². The van der Waals surface area contributed by atoms with Crippen molar-refractivity contribution in [3.05, 3.63) is 87.2 Å². The Morgan fingerprint density at radius 3 is 2.69 bits per heavy atom. The third-order valence-corrected chi connectivity index (χ3v) is 5.66. The molecule has 2 heterocycles. The minimum absolute atomic E-state index is 0.226. The fourth-order valence-corrected chi connectivity index (χ4v) is 3.84. The lowest BCUT2D eigenvalue weighted by Gasteiger charge is -2.11. The maximum Gasteiger partial charge on any atom is 0.293 e. The van der Waals surface area contributed by atoms with Crippen LogP contribution in [0.2, 0.25) is 5.02 Å². The van der Waals surface area contributed by atoms with E-state index in [1.165, 1.54) is 16.8 Å².